The van der Waals surface area contributed by atoms with E-state index < -0.39 is 30.1 Å². The van der Waals surface area contributed by atoms with Gasteiger partial charge in [-0.05, 0) is 13.0 Å². The molecule has 0 saturated carbocycles. The summed E-state index contributed by atoms with van der Waals surface area (Å²) in [5.41, 5.74) is 0.497. The number of aromatic hydroxyl groups is 1. The van der Waals surface area contributed by atoms with Crippen LogP contribution in [0, 0.1) is 0 Å². The summed E-state index contributed by atoms with van der Waals surface area (Å²) in [5.74, 6) is -1.52. The highest BCUT2D eigenvalue weighted by molar-refractivity contribution is 6.28. The third kappa shape index (κ3) is 1.55. The third-order valence-corrected chi connectivity index (χ3v) is 4.33. The topological polar surface area (TPSA) is 89.9 Å². The summed E-state index contributed by atoms with van der Waals surface area (Å²) < 4.78 is 10.9. The molecule has 1 aromatic rings. The second-order valence-corrected chi connectivity index (χ2v) is 5.62. The summed E-state index contributed by atoms with van der Waals surface area (Å²) in [6.07, 6.45) is -1.95. The molecule has 1 fully saturated rings. The number of esters is 1. The number of hydrogen-bond acceptors (Lipinski definition) is 6. The number of rotatable bonds is 0. The van der Waals surface area contributed by atoms with Crippen molar-refractivity contribution in [2.75, 3.05) is 0 Å². The highest BCUT2D eigenvalue weighted by Gasteiger charge is 2.51. The van der Waals surface area contributed by atoms with Gasteiger partial charge in [0.25, 0.3) is 0 Å². The molecule has 3 aliphatic rings. The smallest absolute Gasteiger partial charge is 0.309 e. The first kappa shape index (κ1) is 13.2. The van der Waals surface area contributed by atoms with Crippen LogP contribution < -0.4 is 0 Å². The first-order chi connectivity index (χ1) is 10.5. The molecule has 2 heterocycles. The van der Waals surface area contributed by atoms with E-state index in [9.17, 15) is 19.5 Å². The molecule has 6 heteroatoms. The van der Waals surface area contributed by atoms with Crippen molar-refractivity contribution in [3.63, 3.8) is 0 Å². The molecule has 1 aliphatic carbocycles. The highest BCUT2D eigenvalue weighted by Crippen LogP contribution is 2.42. The maximum absolute atomic E-state index is 12.8. The highest BCUT2D eigenvalue weighted by atomic mass is 16.6. The van der Waals surface area contributed by atoms with Crippen LogP contribution in [-0.2, 0) is 14.3 Å². The van der Waals surface area contributed by atoms with Crippen LogP contribution in [0.4, 0.5) is 0 Å². The molecule has 2 aliphatic heterocycles. The second kappa shape index (κ2) is 4.27. The van der Waals surface area contributed by atoms with Gasteiger partial charge in [-0.3, -0.25) is 14.4 Å². The number of ketones is 2. The van der Waals surface area contributed by atoms with Crippen LogP contribution >= 0.6 is 0 Å². The maximum Gasteiger partial charge on any atom is 0.309 e. The number of hydrogen-bond donors (Lipinski definition) is 1. The number of phenolic OH excluding ortho intramolecular Hbond substituents is 1. The first-order valence-electron chi connectivity index (χ1n) is 6.99. The van der Waals surface area contributed by atoms with Crippen LogP contribution in [-0.4, -0.2) is 41.0 Å². The number of fused-ring (bicyclic) bond motifs is 3. The fraction of sp³-hybridized carbons (Fsp3) is 0.312. The third-order valence-electron chi connectivity index (χ3n) is 4.33. The van der Waals surface area contributed by atoms with Gasteiger partial charge in [0.1, 0.15) is 11.9 Å². The van der Waals surface area contributed by atoms with Crippen molar-refractivity contribution in [2.24, 2.45) is 0 Å². The predicted octanol–water partition coefficient (Wildman–Crippen LogP) is 1.17. The van der Waals surface area contributed by atoms with Crippen molar-refractivity contribution in [3.8, 4) is 5.75 Å². The predicted molar refractivity (Wildman–Crippen MR) is 72.6 cm³/mol. The Bertz CT molecular complexity index is 775. The summed E-state index contributed by atoms with van der Waals surface area (Å²) in [6, 6.07) is 4.36. The van der Waals surface area contributed by atoms with E-state index in [1.807, 2.05) is 0 Å². The normalized spacial score (nSPS) is 29.9. The van der Waals surface area contributed by atoms with Crippen LogP contribution in [0.2, 0.25) is 0 Å². The number of ether oxygens (including phenoxy) is 2. The van der Waals surface area contributed by atoms with Crippen LogP contribution in [0.15, 0.2) is 29.3 Å². The summed E-state index contributed by atoms with van der Waals surface area (Å²) in [7, 11) is 0. The van der Waals surface area contributed by atoms with Crippen molar-refractivity contribution in [1.82, 2.24) is 0 Å². The lowest BCUT2D eigenvalue weighted by atomic mass is 9.77. The minimum Gasteiger partial charge on any atom is -0.507 e. The summed E-state index contributed by atoms with van der Waals surface area (Å²) in [4.78, 5) is 37.0. The molecule has 1 N–H and O–H groups in total. The zero-order valence-electron chi connectivity index (χ0n) is 11.7. The average Bonchev–Trinajstić information content (AvgIpc) is 2.83. The largest absolute Gasteiger partial charge is 0.507 e. The zero-order valence-corrected chi connectivity index (χ0v) is 11.7. The molecule has 1 saturated heterocycles. The molecule has 0 aromatic heterocycles. The lowest BCUT2D eigenvalue weighted by Gasteiger charge is -2.35. The molecular weight excluding hydrogens is 288 g/mol. The van der Waals surface area contributed by atoms with Crippen LogP contribution in [0.3, 0.4) is 0 Å². The van der Waals surface area contributed by atoms with Crippen molar-refractivity contribution in [3.05, 3.63) is 40.5 Å². The van der Waals surface area contributed by atoms with Gasteiger partial charge in [-0.2, -0.15) is 0 Å². The molecule has 0 amide bonds. The Labute approximate surface area is 125 Å². The first-order valence-corrected chi connectivity index (χ1v) is 6.99. The van der Waals surface area contributed by atoms with Crippen molar-refractivity contribution in [1.29, 1.82) is 0 Å². The quantitative estimate of drug-likeness (QED) is 0.723. The number of phenols is 1. The fourth-order valence-corrected chi connectivity index (χ4v) is 3.41. The molecule has 22 heavy (non-hydrogen) atoms. The SMILES string of the molecule is C[C@H]1O[C@H]2CC(=O)O[C@H]2C2=C1C(=O)c1c(O)cccc1C2=O. The lowest BCUT2D eigenvalue weighted by Crippen LogP contribution is -2.44. The molecule has 6 nitrogen and oxygen atoms in total. The number of benzene rings is 1. The molecule has 4 rings (SSSR count). The molecule has 3 atom stereocenters. The standard InChI is InChI=1S/C16H12O6/c1-6-11-13(16-9(21-6)5-10(18)22-16)14(19)7-3-2-4-8(17)12(7)15(11)20/h2-4,6,9,16-17H,5H2,1H3/t6-,9+,16-/m1/s1. The second-order valence-electron chi connectivity index (χ2n) is 5.62. The molecule has 1 aromatic carbocycles. The Morgan fingerprint density at radius 3 is 2.68 bits per heavy atom. The minimum atomic E-state index is -0.842. The fourth-order valence-electron chi connectivity index (χ4n) is 3.41. The number of carbonyl (C=O) groups excluding carboxylic acids is 3. The Balaban J connectivity index is 1.95. The van der Waals surface area contributed by atoms with Gasteiger partial charge in [0.15, 0.2) is 17.7 Å². The van der Waals surface area contributed by atoms with Gasteiger partial charge in [-0.15, -0.1) is 0 Å². The van der Waals surface area contributed by atoms with Gasteiger partial charge in [-0.25, -0.2) is 0 Å². The Kier molecular flexibility index (Phi) is 2.56. The van der Waals surface area contributed by atoms with Gasteiger partial charge < -0.3 is 14.6 Å². The van der Waals surface area contributed by atoms with E-state index in [0.717, 1.165) is 0 Å². The Hall–Kier alpha value is -2.47. The van der Waals surface area contributed by atoms with Gasteiger partial charge in [0, 0.05) is 11.1 Å². The summed E-state index contributed by atoms with van der Waals surface area (Å²) in [5, 5.41) is 9.93. The van der Waals surface area contributed by atoms with Crippen LogP contribution in [0.5, 0.6) is 5.75 Å². The molecule has 0 radical (unpaired) electrons. The van der Waals surface area contributed by atoms with Crippen molar-refractivity contribution >= 4 is 17.5 Å². The Morgan fingerprint density at radius 1 is 1.14 bits per heavy atom. The molecule has 0 spiro atoms. The van der Waals surface area contributed by atoms with Gasteiger partial charge in [-0.1, -0.05) is 12.1 Å². The van der Waals surface area contributed by atoms with Gasteiger partial charge in [0.05, 0.1) is 23.7 Å². The van der Waals surface area contributed by atoms with E-state index >= 15 is 0 Å². The van der Waals surface area contributed by atoms with E-state index in [2.05, 4.69) is 0 Å². The molecule has 0 unspecified atom stereocenters. The van der Waals surface area contributed by atoms with Crippen LogP contribution in [0.25, 0.3) is 0 Å². The molecule has 0 bridgehead atoms. The van der Waals surface area contributed by atoms with Crippen molar-refractivity contribution in [2.45, 2.75) is 31.7 Å². The van der Waals surface area contributed by atoms with Gasteiger partial charge >= 0.3 is 5.97 Å². The minimum absolute atomic E-state index is 0.00975. The summed E-state index contributed by atoms with van der Waals surface area (Å²) in [6.45, 7) is 1.66. The maximum atomic E-state index is 12.8. The van der Waals surface area contributed by atoms with E-state index in [0.29, 0.717) is 0 Å². The lowest BCUT2D eigenvalue weighted by molar-refractivity contribution is -0.140. The Morgan fingerprint density at radius 2 is 1.91 bits per heavy atom. The average molecular weight is 300 g/mol. The van der Waals surface area contributed by atoms with Crippen molar-refractivity contribution < 1.29 is 29.0 Å². The molecule has 112 valence electrons. The van der Waals surface area contributed by atoms with E-state index in [1.54, 1.807) is 6.92 Å². The van der Waals surface area contributed by atoms with Gasteiger partial charge in [0.2, 0.25) is 0 Å². The summed E-state index contributed by atoms with van der Waals surface area (Å²) >= 11 is 0. The zero-order chi connectivity index (χ0) is 15.6. The number of Topliss-reactive ketones (excluding diaryl/α,β-unsaturated/α-hetero) is 2. The monoisotopic (exact) mass is 300 g/mol. The van der Waals surface area contributed by atoms with E-state index in [4.69, 9.17) is 9.47 Å². The number of carbonyl (C=O) groups is 3. The molecular formula is C16H12O6. The van der Waals surface area contributed by atoms with E-state index in [-0.39, 0.29) is 40.2 Å². The van der Waals surface area contributed by atoms with E-state index in [1.165, 1.54) is 18.2 Å². The van der Waals surface area contributed by atoms with Crippen LogP contribution in [0.1, 0.15) is 34.1 Å².